The average Bonchev–Trinajstić information content (AvgIpc) is 2.15. The lowest BCUT2D eigenvalue weighted by molar-refractivity contribution is -0.151. The molecule has 0 aromatic carbocycles. The first-order valence-electron chi connectivity index (χ1n) is 5.72. The molecular formula is C11H17F2N3. The van der Waals surface area contributed by atoms with Crippen molar-refractivity contribution < 1.29 is 8.78 Å². The Morgan fingerprint density at radius 1 is 1.31 bits per heavy atom. The molecule has 0 spiro atoms. The van der Waals surface area contributed by atoms with Crippen molar-refractivity contribution in [1.29, 1.82) is 5.26 Å². The summed E-state index contributed by atoms with van der Waals surface area (Å²) in [5, 5.41) is 8.65. The third kappa shape index (κ3) is 2.33. The van der Waals surface area contributed by atoms with E-state index in [1.165, 1.54) is 0 Å². The standard InChI is InChI=1S/C11H17F2N3/c12-11(13)7-16(8-11)9-1-3-10(15,4-2-9)5-6-14/h9H,1-5,7-8,15H2. The van der Waals surface area contributed by atoms with Gasteiger partial charge in [0.1, 0.15) is 0 Å². The highest BCUT2D eigenvalue weighted by molar-refractivity contribution is 5.00. The van der Waals surface area contributed by atoms with Gasteiger partial charge in [0.25, 0.3) is 5.92 Å². The van der Waals surface area contributed by atoms with Crippen LogP contribution in [0.3, 0.4) is 0 Å². The van der Waals surface area contributed by atoms with E-state index in [1.807, 2.05) is 4.90 Å². The molecule has 0 atom stereocenters. The zero-order valence-electron chi connectivity index (χ0n) is 9.25. The van der Waals surface area contributed by atoms with Gasteiger partial charge in [0, 0.05) is 11.6 Å². The molecule has 1 heterocycles. The normalized spacial score (nSPS) is 38.8. The highest BCUT2D eigenvalue weighted by atomic mass is 19.3. The lowest BCUT2D eigenvalue weighted by atomic mass is 9.77. The number of hydrogen-bond donors (Lipinski definition) is 1. The summed E-state index contributed by atoms with van der Waals surface area (Å²) in [5.74, 6) is -2.48. The summed E-state index contributed by atoms with van der Waals surface area (Å²) in [4.78, 5) is 1.84. The molecule has 1 saturated heterocycles. The van der Waals surface area contributed by atoms with E-state index in [0.717, 1.165) is 25.7 Å². The van der Waals surface area contributed by atoms with E-state index < -0.39 is 5.92 Å². The van der Waals surface area contributed by atoms with Crippen molar-refractivity contribution in [3.8, 4) is 6.07 Å². The van der Waals surface area contributed by atoms with Crippen LogP contribution in [-0.2, 0) is 0 Å². The maximum Gasteiger partial charge on any atom is 0.272 e. The minimum atomic E-state index is -2.48. The van der Waals surface area contributed by atoms with Crippen LogP contribution in [0.1, 0.15) is 32.1 Å². The Morgan fingerprint density at radius 3 is 2.31 bits per heavy atom. The summed E-state index contributed by atoms with van der Waals surface area (Å²) in [6, 6.07) is 2.35. The molecule has 0 aromatic rings. The first-order chi connectivity index (χ1) is 7.44. The van der Waals surface area contributed by atoms with Crippen LogP contribution < -0.4 is 5.73 Å². The Balaban J connectivity index is 1.81. The lowest BCUT2D eigenvalue weighted by Crippen LogP contribution is -2.61. The number of likely N-dealkylation sites (tertiary alicyclic amines) is 1. The number of hydrogen-bond acceptors (Lipinski definition) is 3. The summed E-state index contributed by atoms with van der Waals surface area (Å²) in [6.07, 6.45) is 3.60. The van der Waals surface area contributed by atoms with Crippen LogP contribution in [-0.4, -0.2) is 35.5 Å². The van der Waals surface area contributed by atoms with Crippen molar-refractivity contribution in [3.05, 3.63) is 0 Å². The van der Waals surface area contributed by atoms with E-state index >= 15 is 0 Å². The summed E-state index contributed by atoms with van der Waals surface area (Å²) in [6.45, 7) is -0.207. The van der Waals surface area contributed by atoms with E-state index in [2.05, 4.69) is 6.07 Å². The molecule has 5 heteroatoms. The summed E-state index contributed by atoms with van der Waals surface area (Å²) in [7, 11) is 0. The number of rotatable bonds is 2. The fourth-order valence-corrected chi connectivity index (χ4v) is 2.68. The van der Waals surface area contributed by atoms with E-state index in [-0.39, 0.29) is 24.7 Å². The molecule has 0 radical (unpaired) electrons. The van der Waals surface area contributed by atoms with Gasteiger partial charge in [0.05, 0.1) is 25.6 Å². The number of alkyl halides is 2. The van der Waals surface area contributed by atoms with Gasteiger partial charge in [0.2, 0.25) is 0 Å². The SMILES string of the molecule is N#CCC1(N)CCC(N2CC(F)(F)C2)CC1. The lowest BCUT2D eigenvalue weighted by Gasteiger charge is -2.47. The number of nitrogens with two attached hydrogens (primary N) is 1. The molecule has 1 saturated carbocycles. The second kappa shape index (κ2) is 3.94. The van der Waals surface area contributed by atoms with Gasteiger partial charge in [-0.1, -0.05) is 0 Å². The van der Waals surface area contributed by atoms with Gasteiger partial charge in [-0.3, -0.25) is 4.90 Å². The maximum atomic E-state index is 12.7. The molecule has 2 N–H and O–H groups in total. The second-order valence-electron chi connectivity index (χ2n) is 5.19. The van der Waals surface area contributed by atoms with Gasteiger partial charge in [-0.25, -0.2) is 8.78 Å². The topological polar surface area (TPSA) is 53.1 Å². The Labute approximate surface area is 94.2 Å². The summed E-state index contributed by atoms with van der Waals surface area (Å²) in [5.41, 5.74) is 5.68. The van der Waals surface area contributed by atoms with Crippen molar-refractivity contribution in [2.75, 3.05) is 13.1 Å². The van der Waals surface area contributed by atoms with Gasteiger partial charge >= 0.3 is 0 Å². The molecule has 16 heavy (non-hydrogen) atoms. The summed E-state index contributed by atoms with van der Waals surface area (Å²) < 4.78 is 25.4. The minimum Gasteiger partial charge on any atom is -0.324 e. The fraction of sp³-hybridized carbons (Fsp3) is 0.909. The Morgan fingerprint density at radius 2 is 1.88 bits per heavy atom. The second-order valence-corrected chi connectivity index (χ2v) is 5.19. The summed E-state index contributed by atoms with van der Waals surface area (Å²) >= 11 is 0. The zero-order chi connectivity index (χ0) is 11.8. The molecule has 90 valence electrons. The van der Waals surface area contributed by atoms with Crippen molar-refractivity contribution in [2.24, 2.45) is 5.73 Å². The molecule has 0 bridgehead atoms. The Kier molecular flexibility index (Phi) is 2.89. The van der Waals surface area contributed by atoms with Crippen LogP contribution in [0.25, 0.3) is 0 Å². The third-order valence-corrected chi connectivity index (χ3v) is 3.77. The predicted molar refractivity (Wildman–Crippen MR) is 55.9 cm³/mol. The molecule has 0 aromatic heterocycles. The van der Waals surface area contributed by atoms with E-state index in [1.54, 1.807) is 0 Å². The quantitative estimate of drug-likeness (QED) is 0.780. The smallest absolute Gasteiger partial charge is 0.272 e. The molecule has 1 aliphatic carbocycles. The molecule has 2 rings (SSSR count). The molecule has 2 aliphatic rings. The largest absolute Gasteiger partial charge is 0.324 e. The minimum absolute atomic E-state index is 0.104. The van der Waals surface area contributed by atoms with Gasteiger partial charge < -0.3 is 5.73 Å². The molecule has 2 fully saturated rings. The van der Waals surface area contributed by atoms with Crippen LogP contribution >= 0.6 is 0 Å². The molecule has 0 amide bonds. The first-order valence-corrected chi connectivity index (χ1v) is 5.72. The van der Waals surface area contributed by atoms with Crippen molar-refractivity contribution >= 4 is 0 Å². The highest BCUT2D eigenvalue weighted by Gasteiger charge is 2.47. The maximum absolute atomic E-state index is 12.7. The number of halogens is 2. The third-order valence-electron chi connectivity index (χ3n) is 3.77. The van der Waals surface area contributed by atoms with Gasteiger partial charge in [0.15, 0.2) is 0 Å². The van der Waals surface area contributed by atoms with Crippen LogP contribution in [0, 0.1) is 11.3 Å². The predicted octanol–water partition coefficient (Wildman–Crippen LogP) is 1.49. The first kappa shape index (κ1) is 11.7. The highest BCUT2D eigenvalue weighted by Crippen LogP contribution is 2.36. The average molecular weight is 229 g/mol. The number of nitriles is 1. The van der Waals surface area contributed by atoms with E-state index in [0.29, 0.717) is 6.42 Å². The molecule has 3 nitrogen and oxygen atoms in total. The van der Waals surface area contributed by atoms with Gasteiger partial charge in [-0.15, -0.1) is 0 Å². The van der Waals surface area contributed by atoms with Crippen molar-refractivity contribution in [1.82, 2.24) is 4.90 Å². The zero-order valence-corrected chi connectivity index (χ0v) is 9.25. The monoisotopic (exact) mass is 229 g/mol. The van der Waals surface area contributed by atoms with Crippen LogP contribution in [0.2, 0.25) is 0 Å². The number of nitrogens with zero attached hydrogens (tertiary/aromatic N) is 2. The van der Waals surface area contributed by atoms with E-state index in [4.69, 9.17) is 11.0 Å². The van der Waals surface area contributed by atoms with Crippen LogP contribution in [0.4, 0.5) is 8.78 Å². The molecule has 0 unspecified atom stereocenters. The van der Waals surface area contributed by atoms with Crippen molar-refractivity contribution in [3.63, 3.8) is 0 Å². The van der Waals surface area contributed by atoms with Crippen LogP contribution in [0.5, 0.6) is 0 Å². The van der Waals surface area contributed by atoms with Gasteiger partial charge in [-0.05, 0) is 25.7 Å². The molecule has 1 aliphatic heterocycles. The molecular weight excluding hydrogens is 212 g/mol. The van der Waals surface area contributed by atoms with Gasteiger partial charge in [-0.2, -0.15) is 5.26 Å². The fourth-order valence-electron chi connectivity index (χ4n) is 2.68. The Hall–Kier alpha value is -0.730. The van der Waals surface area contributed by atoms with Crippen molar-refractivity contribution in [2.45, 2.75) is 49.6 Å². The van der Waals surface area contributed by atoms with Crippen LogP contribution in [0.15, 0.2) is 0 Å². The Bertz CT molecular complexity index is 295. The van der Waals surface area contributed by atoms with E-state index in [9.17, 15) is 8.78 Å².